The second-order valence-corrected chi connectivity index (χ2v) is 6.72. The maximum absolute atomic E-state index is 13.4. The van der Waals surface area contributed by atoms with Crippen molar-refractivity contribution in [1.82, 2.24) is 4.98 Å². The molecule has 0 saturated heterocycles. The number of ketones is 1. The summed E-state index contributed by atoms with van der Waals surface area (Å²) in [5.41, 5.74) is 2.86. The molecule has 6 heteroatoms. The number of hydrogen-bond donors (Lipinski definition) is 0. The van der Waals surface area contributed by atoms with Crippen LogP contribution in [0.1, 0.15) is 21.8 Å². The van der Waals surface area contributed by atoms with Crippen LogP contribution in [0.2, 0.25) is 0 Å². The summed E-state index contributed by atoms with van der Waals surface area (Å²) in [5.74, 6) is 1.86. The topological polar surface area (TPSA) is 70.8 Å². The number of carbonyl (C=O) groups is 1. The minimum absolute atomic E-state index is 0.219. The van der Waals surface area contributed by atoms with Crippen LogP contribution in [-0.4, -0.2) is 32.1 Å². The van der Waals surface area contributed by atoms with E-state index in [2.05, 4.69) is 4.98 Å². The van der Waals surface area contributed by atoms with Crippen LogP contribution in [0.3, 0.4) is 0 Å². The SMILES string of the molecule is COc1ccc(C(=O)/C(=C/c2ccc(OC)c(OC)c2)c2nc3ccccc3o2)cc1. The first-order valence-electron chi connectivity index (χ1n) is 9.61. The molecule has 0 saturated carbocycles. The van der Waals surface area contributed by atoms with E-state index in [4.69, 9.17) is 18.6 Å². The first-order chi connectivity index (χ1) is 15.1. The summed E-state index contributed by atoms with van der Waals surface area (Å²) in [4.78, 5) is 18.0. The number of para-hydroxylation sites is 2. The molecule has 0 unspecified atom stereocenters. The molecule has 4 rings (SSSR count). The van der Waals surface area contributed by atoms with Crippen molar-refractivity contribution in [2.75, 3.05) is 21.3 Å². The first-order valence-corrected chi connectivity index (χ1v) is 9.61. The molecule has 0 atom stereocenters. The molecule has 0 N–H and O–H groups in total. The molecule has 1 aromatic heterocycles. The molecule has 4 aromatic rings. The molecule has 156 valence electrons. The summed E-state index contributed by atoms with van der Waals surface area (Å²) < 4.78 is 21.8. The Hall–Kier alpha value is -4.06. The van der Waals surface area contributed by atoms with Gasteiger partial charge in [0.1, 0.15) is 11.3 Å². The van der Waals surface area contributed by atoms with Crippen molar-refractivity contribution in [2.24, 2.45) is 0 Å². The van der Waals surface area contributed by atoms with E-state index in [1.54, 1.807) is 63.8 Å². The average Bonchev–Trinajstić information content (AvgIpc) is 3.26. The summed E-state index contributed by atoms with van der Waals surface area (Å²) in [6, 6.07) is 19.7. The summed E-state index contributed by atoms with van der Waals surface area (Å²) in [7, 11) is 4.72. The molecule has 31 heavy (non-hydrogen) atoms. The van der Waals surface area contributed by atoms with Gasteiger partial charge in [-0.2, -0.15) is 0 Å². The highest BCUT2D eigenvalue weighted by atomic mass is 16.5. The predicted molar refractivity (Wildman–Crippen MR) is 119 cm³/mol. The molecule has 0 aliphatic heterocycles. The average molecular weight is 415 g/mol. The minimum atomic E-state index is -0.219. The van der Waals surface area contributed by atoms with Gasteiger partial charge in [-0.1, -0.05) is 18.2 Å². The summed E-state index contributed by atoms with van der Waals surface area (Å²) in [5, 5.41) is 0. The second-order valence-electron chi connectivity index (χ2n) is 6.72. The fourth-order valence-electron chi connectivity index (χ4n) is 3.22. The number of oxazole rings is 1. The van der Waals surface area contributed by atoms with E-state index < -0.39 is 0 Å². The fourth-order valence-corrected chi connectivity index (χ4v) is 3.22. The highest BCUT2D eigenvalue weighted by Gasteiger charge is 2.20. The van der Waals surface area contributed by atoms with Crippen molar-refractivity contribution in [1.29, 1.82) is 0 Å². The Morgan fingerprint density at radius 1 is 0.871 bits per heavy atom. The van der Waals surface area contributed by atoms with Crippen LogP contribution in [0.4, 0.5) is 0 Å². The number of methoxy groups -OCH3 is 3. The fraction of sp³-hybridized carbons (Fsp3) is 0.120. The number of Topliss-reactive ketones (excluding diaryl/α,β-unsaturated/α-hetero) is 1. The van der Waals surface area contributed by atoms with E-state index in [0.29, 0.717) is 39.5 Å². The van der Waals surface area contributed by atoms with Crippen LogP contribution in [0.5, 0.6) is 17.2 Å². The molecule has 0 amide bonds. The van der Waals surface area contributed by atoms with Gasteiger partial charge in [0.05, 0.1) is 26.9 Å². The predicted octanol–water partition coefficient (Wildman–Crippen LogP) is 5.28. The smallest absolute Gasteiger partial charge is 0.231 e. The normalized spacial score (nSPS) is 11.4. The molecule has 0 fully saturated rings. The molecule has 0 bridgehead atoms. The zero-order valence-corrected chi connectivity index (χ0v) is 17.4. The lowest BCUT2D eigenvalue weighted by molar-refractivity contribution is 0.105. The monoisotopic (exact) mass is 415 g/mol. The lowest BCUT2D eigenvalue weighted by atomic mass is 10.0. The molecule has 0 radical (unpaired) electrons. The Morgan fingerprint density at radius 2 is 1.61 bits per heavy atom. The van der Waals surface area contributed by atoms with Gasteiger partial charge in [0, 0.05) is 5.56 Å². The van der Waals surface area contributed by atoms with Gasteiger partial charge in [-0.3, -0.25) is 4.79 Å². The maximum atomic E-state index is 13.4. The third-order valence-electron chi connectivity index (χ3n) is 4.84. The van der Waals surface area contributed by atoms with Crippen molar-refractivity contribution < 1.29 is 23.4 Å². The quantitative estimate of drug-likeness (QED) is 0.302. The number of ether oxygens (including phenoxy) is 3. The van der Waals surface area contributed by atoms with Crippen LogP contribution >= 0.6 is 0 Å². The number of benzene rings is 3. The molecule has 3 aromatic carbocycles. The van der Waals surface area contributed by atoms with Gasteiger partial charge in [-0.25, -0.2) is 4.98 Å². The number of rotatable bonds is 7. The maximum Gasteiger partial charge on any atom is 0.231 e. The van der Waals surface area contributed by atoms with Crippen LogP contribution in [0.25, 0.3) is 22.7 Å². The lowest BCUT2D eigenvalue weighted by Crippen LogP contribution is -2.03. The van der Waals surface area contributed by atoms with Crippen molar-refractivity contribution in [3.8, 4) is 17.2 Å². The van der Waals surface area contributed by atoms with E-state index in [-0.39, 0.29) is 11.7 Å². The molecule has 0 spiro atoms. The zero-order chi connectivity index (χ0) is 21.8. The van der Waals surface area contributed by atoms with Crippen LogP contribution in [0.15, 0.2) is 71.1 Å². The Labute approximate surface area is 179 Å². The summed E-state index contributed by atoms with van der Waals surface area (Å²) in [6.45, 7) is 0. The largest absolute Gasteiger partial charge is 0.497 e. The van der Waals surface area contributed by atoms with Crippen LogP contribution in [0, 0.1) is 0 Å². The molecular weight excluding hydrogens is 394 g/mol. The first kappa shape index (κ1) is 20.2. The van der Waals surface area contributed by atoms with E-state index in [9.17, 15) is 4.79 Å². The Kier molecular flexibility index (Phi) is 5.71. The van der Waals surface area contributed by atoms with Crippen LogP contribution < -0.4 is 14.2 Å². The van der Waals surface area contributed by atoms with Gasteiger partial charge in [0.15, 0.2) is 22.9 Å². The van der Waals surface area contributed by atoms with Gasteiger partial charge in [0.25, 0.3) is 0 Å². The van der Waals surface area contributed by atoms with Gasteiger partial charge in [0.2, 0.25) is 5.89 Å². The molecule has 1 heterocycles. The molecule has 6 nitrogen and oxygen atoms in total. The van der Waals surface area contributed by atoms with E-state index in [1.807, 2.05) is 30.3 Å². The Balaban J connectivity index is 1.83. The van der Waals surface area contributed by atoms with Crippen molar-refractivity contribution in [3.05, 3.63) is 83.7 Å². The van der Waals surface area contributed by atoms with Crippen molar-refractivity contribution >= 4 is 28.5 Å². The molecule has 0 aliphatic rings. The summed E-state index contributed by atoms with van der Waals surface area (Å²) >= 11 is 0. The molecular formula is C25H21NO5. The highest BCUT2D eigenvalue weighted by molar-refractivity contribution is 6.31. The van der Waals surface area contributed by atoms with E-state index >= 15 is 0 Å². The summed E-state index contributed by atoms with van der Waals surface area (Å²) in [6.07, 6.45) is 1.74. The zero-order valence-electron chi connectivity index (χ0n) is 17.4. The number of allylic oxidation sites excluding steroid dienone is 1. The number of fused-ring (bicyclic) bond motifs is 1. The number of aromatic nitrogens is 1. The second kappa shape index (κ2) is 8.75. The number of hydrogen-bond acceptors (Lipinski definition) is 6. The highest BCUT2D eigenvalue weighted by Crippen LogP contribution is 2.31. The third kappa shape index (κ3) is 4.14. The van der Waals surface area contributed by atoms with Gasteiger partial charge in [-0.15, -0.1) is 0 Å². The number of nitrogens with zero attached hydrogens (tertiary/aromatic N) is 1. The number of carbonyl (C=O) groups excluding carboxylic acids is 1. The van der Waals surface area contributed by atoms with Crippen molar-refractivity contribution in [3.63, 3.8) is 0 Å². The van der Waals surface area contributed by atoms with Crippen LogP contribution in [-0.2, 0) is 0 Å². The Bertz CT molecular complexity index is 1220. The van der Waals surface area contributed by atoms with E-state index in [0.717, 1.165) is 5.56 Å². The molecule has 0 aliphatic carbocycles. The third-order valence-corrected chi connectivity index (χ3v) is 4.84. The minimum Gasteiger partial charge on any atom is -0.497 e. The van der Waals surface area contributed by atoms with Gasteiger partial charge in [-0.05, 0) is 60.2 Å². The van der Waals surface area contributed by atoms with E-state index in [1.165, 1.54) is 0 Å². The van der Waals surface area contributed by atoms with Gasteiger partial charge >= 0.3 is 0 Å². The lowest BCUT2D eigenvalue weighted by Gasteiger charge is -2.09. The van der Waals surface area contributed by atoms with Crippen molar-refractivity contribution in [2.45, 2.75) is 0 Å². The Morgan fingerprint density at radius 3 is 2.29 bits per heavy atom. The van der Waals surface area contributed by atoms with Gasteiger partial charge < -0.3 is 18.6 Å². The standard InChI is InChI=1S/C25H21NO5/c1-28-18-11-9-17(10-12-18)24(27)19(25-26-20-6-4-5-7-21(20)31-25)14-16-8-13-22(29-2)23(15-16)30-3/h4-15H,1-3H3/b19-14-.